The van der Waals surface area contributed by atoms with Crippen LogP contribution in [0.3, 0.4) is 0 Å². The van der Waals surface area contributed by atoms with Gasteiger partial charge in [-0.05, 0) is 38.1 Å². The number of aromatic nitrogens is 1. The number of para-hydroxylation sites is 1. The van der Waals surface area contributed by atoms with Gasteiger partial charge in [0.1, 0.15) is 29.1 Å². The molecule has 2 aromatic heterocycles. The van der Waals surface area contributed by atoms with Crippen molar-refractivity contribution in [3.05, 3.63) is 107 Å². The van der Waals surface area contributed by atoms with Gasteiger partial charge >= 0.3 is 5.97 Å². The third kappa shape index (κ3) is 5.05. The van der Waals surface area contributed by atoms with Crippen LogP contribution in [0.1, 0.15) is 31.2 Å². The largest absolute Gasteiger partial charge is 0.496 e. The Morgan fingerprint density at radius 2 is 1.90 bits per heavy atom. The number of non-ortho nitro benzene ring substituents is 1. The van der Waals surface area contributed by atoms with Crippen LogP contribution < -0.4 is 24.4 Å². The van der Waals surface area contributed by atoms with Crippen molar-refractivity contribution in [2.75, 3.05) is 20.8 Å². The van der Waals surface area contributed by atoms with Crippen LogP contribution >= 0.6 is 11.3 Å². The highest BCUT2D eigenvalue weighted by atomic mass is 32.1. The second-order valence-electron chi connectivity index (χ2n) is 8.89. The number of nitrogens with zero attached hydrogens (tertiary/aromatic N) is 3. The minimum atomic E-state index is -0.829. The van der Waals surface area contributed by atoms with Crippen molar-refractivity contribution >= 4 is 29.1 Å². The van der Waals surface area contributed by atoms with Crippen molar-refractivity contribution in [3.8, 4) is 22.8 Å². The average Bonchev–Trinajstić information content (AvgIpc) is 3.56. The molecule has 0 bridgehead atoms. The Morgan fingerprint density at radius 3 is 2.61 bits per heavy atom. The fourth-order valence-corrected chi connectivity index (χ4v) is 5.71. The fourth-order valence-electron chi connectivity index (χ4n) is 4.68. The van der Waals surface area contributed by atoms with Gasteiger partial charge in [-0.25, -0.2) is 9.79 Å². The van der Waals surface area contributed by atoms with Crippen molar-refractivity contribution in [1.29, 1.82) is 0 Å². The Hall–Kier alpha value is -4.97. The quantitative estimate of drug-likeness (QED) is 0.175. The van der Waals surface area contributed by atoms with Gasteiger partial charge in [-0.15, -0.1) is 0 Å². The zero-order chi connectivity index (χ0) is 29.3. The number of ether oxygens (including phenoxy) is 3. The van der Waals surface area contributed by atoms with Crippen LogP contribution in [0.25, 0.3) is 17.4 Å². The van der Waals surface area contributed by atoms with E-state index < -0.39 is 16.9 Å². The number of hydrogen-bond acceptors (Lipinski definition) is 10. The molecule has 4 aromatic rings. The van der Waals surface area contributed by atoms with Gasteiger partial charge in [0.05, 0.1) is 47.1 Å². The van der Waals surface area contributed by atoms with Gasteiger partial charge in [-0.2, -0.15) is 0 Å². The summed E-state index contributed by atoms with van der Waals surface area (Å²) in [5.41, 5.74) is 1.19. The summed E-state index contributed by atoms with van der Waals surface area (Å²) in [5.74, 6) is 1.01. The Labute approximate surface area is 237 Å². The molecule has 3 heterocycles. The van der Waals surface area contributed by atoms with Gasteiger partial charge in [0, 0.05) is 23.8 Å². The number of rotatable bonds is 8. The summed E-state index contributed by atoms with van der Waals surface area (Å²) >= 11 is 1.15. The molecule has 0 spiro atoms. The number of esters is 1. The molecule has 0 amide bonds. The number of benzene rings is 2. The van der Waals surface area contributed by atoms with E-state index in [0.29, 0.717) is 49.2 Å². The van der Waals surface area contributed by atoms with E-state index in [1.807, 2.05) is 0 Å². The third-order valence-corrected chi connectivity index (χ3v) is 7.49. The van der Waals surface area contributed by atoms with Crippen LogP contribution in [0.4, 0.5) is 5.69 Å². The number of allylic oxidation sites excluding steroid dienone is 1. The fraction of sp³-hybridized carbons (Fsp3) is 0.207. The molecule has 2 aromatic carbocycles. The van der Waals surface area contributed by atoms with Gasteiger partial charge in [-0.1, -0.05) is 29.5 Å². The number of furan rings is 1. The summed E-state index contributed by atoms with van der Waals surface area (Å²) in [6.07, 6.45) is 1.57. The maximum atomic E-state index is 13.9. The summed E-state index contributed by atoms with van der Waals surface area (Å²) in [6.45, 7) is 3.58. The van der Waals surface area contributed by atoms with E-state index in [2.05, 4.69) is 4.99 Å². The molecular formula is C29H25N3O8S. The molecule has 0 radical (unpaired) electrons. The lowest BCUT2D eigenvalue weighted by atomic mass is 9.95. The van der Waals surface area contributed by atoms with Gasteiger partial charge in [0.15, 0.2) is 4.80 Å². The lowest BCUT2D eigenvalue weighted by Gasteiger charge is -2.25. The number of hydrogen-bond donors (Lipinski definition) is 0. The first kappa shape index (κ1) is 27.6. The summed E-state index contributed by atoms with van der Waals surface area (Å²) in [6, 6.07) is 13.8. The molecule has 1 aliphatic heterocycles. The summed E-state index contributed by atoms with van der Waals surface area (Å²) in [7, 11) is 2.98. The number of thiazole rings is 1. The van der Waals surface area contributed by atoms with Crippen molar-refractivity contribution in [3.63, 3.8) is 0 Å². The number of nitro benzene ring substituents is 1. The van der Waals surface area contributed by atoms with E-state index in [9.17, 15) is 19.7 Å². The monoisotopic (exact) mass is 575 g/mol. The zero-order valence-corrected chi connectivity index (χ0v) is 23.4. The van der Waals surface area contributed by atoms with Crippen LogP contribution in [0.2, 0.25) is 0 Å². The predicted octanol–water partition coefficient (Wildman–Crippen LogP) is 3.98. The number of nitro groups is 1. The molecule has 11 nitrogen and oxygen atoms in total. The molecule has 0 fully saturated rings. The Morgan fingerprint density at radius 1 is 1.15 bits per heavy atom. The van der Waals surface area contributed by atoms with E-state index in [0.717, 1.165) is 11.3 Å². The third-order valence-electron chi connectivity index (χ3n) is 6.51. The lowest BCUT2D eigenvalue weighted by molar-refractivity contribution is -0.384. The lowest BCUT2D eigenvalue weighted by Crippen LogP contribution is -2.40. The highest BCUT2D eigenvalue weighted by Gasteiger charge is 2.35. The van der Waals surface area contributed by atoms with E-state index >= 15 is 0 Å². The molecule has 0 N–H and O–H groups in total. The topological polar surface area (TPSA) is 135 Å². The molecule has 41 heavy (non-hydrogen) atoms. The Kier molecular flexibility index (Phi) is 7.58. The summed E-state index contributed by atoms with van der Waals surface area (Å²) in [5, 5.41) is 11.3. The normalized spacial score (nSPS) is 14.8. The number of carbonyl (C=O) groups is 1. The predicted molar refractivity (Wildman–Crippen MR) is 151 cm³/mol. The maximum absolute atomic E-state index is 13.9. The van der Waals surface area contributed by atoms with E-state index in [1.165, 1.54) is 37.0 Å². The first-order chi connectivity index (χ1) is 19.8. The maximum Gasteiger partial charge on any atom is 0.338 e. The molecule has 0 aliphatic carbocycles. The SMILES string of the molecule is CCOC(=O)C1=C(C)N=c2s/c(=C\c3ccc(-c4cc([N+](=O)[O-])ccc4OC)o3)c(=O)n2[C@@H]1c1ccccc1OC. The van der Waals surface area contributed by atoms with E-state index in [1.54, 1.807) is 56.3 Å². The minimum Gasteiger partial charge on any atom is -0.496 e. The molecule has 5 rings (SSSR count). The Balaban J connectivity index is 1.65. The minimum absolute atomic E-state index is 0.115. The smallest absolute Gasteiger partial charge is 0.338 e. The first-order valence-corrected chi connectivity index (χ1v) is 13.3. The average molecular weight is 576 g/mol. The van der Waals surface area contributed by atoms with Crippen LogP contribution in [0.5, 0.6) is 11.5 Å². The molecule has 1 atom stereocenters. The number of methoxy groups -OCH3 is 2. The van der Waals surface area contributed by atoms with Crippen molar-refractivity contribution < 1.29 is 28.3 Å². The van der Waals surface area contributed by atoms with Crippen molar-refractivity contribution in [2.45, 2.75) is 19.9 Å². The van der Waals surface area contributed by atoms with Crippen LogP contribution in [0, 0.1) is 10.1 Å². The van der Waals surface area contributed by atoms with Crippen LogP contribution in [-0.2, 0) is 9.53 Å². The van der Waals surface area contributed by atoms with E-state index in [-0.39, 0.29) is 23.4 Å². The number of fused-ring (bicyclic) bond motifs is 1. The molecular weight excluding hydrogens is 550 g/mol. The van der Waals surface area contributed by atoms with Gasteiger partial charge in [-0.3, -0.25) is 19.5 Å². The zero-order valence-electron chi connectivity index (χ0n) is 22.6. The van der Waals surface area contributed by atoms with Crippen LogP contribution in [0.15, 0.2) is 80.1 Å². The standard InChI is InChI=1S/C29H25N3O8S/c1-5-39-28(34)25-16(2)30-29-31(26(25)19-8-6-7-9-21(19)37-3)27(33)24(41-29)15-18-11-13-23(40-18)20-14-17(32(35)36)10-12-22(20)38-4/h6-15,26H,5H2,1-4H3/b24-15-/t26-/m1/s1. The second kappa shape index (κ2) is 11.3. The van der Waals surface area contributed by atoms with Gasteiger partial charge in [0.2, 0.25) is 0 Å². The molecule has 0 saturated carbocycles. The molecule has 12 heteroatoms. The highest BCUT2D eigenvalue weighted by molar-refractivity contribution is 7.07. The van der Waals surface area contributed by atoms with E-state index in [4.69, 9.17) is 18.6 Å². The molecule has 0 saturated heterocycles. The van der Waals surface area contributed by atoms with Crippen molar-refractivity contribution in [2.24, 2.45) is 4.99 Å². The molecule has 0 unspecified atom stereocenters. The Bertz CT molecular complexity index is 1880. The van der Waals surface area contributed by atoms with Crippen molar-refractivity contribution in [1.82, 2.24) is 4.57 Å². The highest BCUT2D eigenvalue weighted by Crippen LogP contribution is 2.36. The van der Waals surface area contributed by atoms with Crippen LogP contribution in [-0.4, -0.2) is 36.3 Å². The summed E-state index contributed by atoms with van der Waals surface area (Å²) in [4.78, 5) is 42.7. The molecule has 210 valence electrons. The van der Waals surface area contributed by atoms with Gasteiger partial charge < -0.3 is 18.6 Å². The summed E-state index contributed by atoms with van der Waals surface area (Å²) < 4.78 is 24.0. The number of carbonyl (C=O) groups excluding carboxylic acids is 1. The first-order valence-electron chi connectivity index (χ1n) is 12.5. The molecule has 1 aliphatic rings. The van der Waals surface area contributed by atoms with Gasteiger partial charge in [0.25, 0.3) is 11.2 Å². The second-order valence-corrected chi connectivity index (χ2v) is 9.90.